The predicted molar refractivity (Wildman–Crippen MR) is 102 cm³/mol. The highest BCUT2D eigenvalue weighted by molar-refractivity contribution is 6.13. The van der Waals surface area contributed by atoms with Crippen LogP contribution >= 0.6 is 0 Å². The number of amides is 1. The van der Waals surface area contributed by atoms with Crippen LogP contribution in [0.4, 0.5) is 17.6 Å². The maximum Gasteiger partial charge on any atom is 0.419 e. The summed E-state index contributed by atoms with van der Waals surface area (Å²) in [4.78, 5) is 24.2. The Hall–Kier alpha value is -2.84. The Morgan fingerprint density at radius 2 is 1.76 bits per heavy atom. The van der Waals surface area contributed by atoms with Gasteiger partial charge in [-0.25, -0.2) is 4.39 Å². The molecule has 154 valence electrons. The maximum atomic E-state index is 13.3. The molecule has 0 aromatic heterocycles. The summed E-state index contributed by atoms with van der Waals surface area (Å²) in [6.07, 6.45) is -4.73. The number of hydrogen-bond donors (Lipinski definition) is 1. The van der Waals surface area contributed by atoms with Gasteiger partial charge in [0.1, 0.15) is 19.4 Å². The van der Waals surface area contributed by atoms with E-state index in [1.807, 2.05) is 0 Å². The molecule has 2 aromatic carbocycles. The summed E-state index contributed by atoms with van der Waals surface area (Å²) in [6.45, 7) is 0. The number of Topliss-reactive ketones (excluding diaryl/α,β-unsaturated/α-hetero) is 1. The molecule has 1 atom stereocenters. The summed E-state index contributed by atoms with van der Waals surface area (Å²) < 4.78 is 56.7. The number of nitrogens with one attached hydrogen (secondary N) is 1. The number of carbonyl (C=O) groups is 2. The number of ether oxygens (including phenoxy) is 1. The van der Waals surface area contributed by atoms with Crippen LogP contribution in [0.5, 0.6) is 5.75 Å². The first-order valence-electron chi connectivity index (χ1n) is 8.92. The lowest BCUT2D eigenvalue weighted by Crippen LogP contribution is -2.36. The fourth-order valence-corrected chi connectivity index (χ4v) is 2.82. The van der Waals surface area contributed by atoms with Crippen molar-refractivity contribution in [2.24, 2.45) is 0 Å². The number of hydrogen-bond acceptors (Lipinski definition) is 3. The molecule has 0 bridgehead atoms. The summed E-state index contributed by atoms with van der Waals surface area (Å²) in [7, 11) is 3.14. The molecule has 0 fully saturated rings. The quantitative estimate of drug-likeness (QED) is 0.414. The van der Waals surface area contributed by atoms with Gasteiger partial charge in [0.2, 0.25) is 5.91 Å². The van der Waals surface area contributed by atoms with Crippen molar-refractivity contribution in [1.82, 2.24) is 5.32 Å². The van der Waals surface area contributed by atoms with Gasteiger partial charge in [0.15, 0.2) is 5.78 Å². The number of benzene rings is 2. The molecule has 29 heavy (non-hydrogen) atoms. The molecule has 0 radical (unpaired) electrons. The lowest BCUT2D eigenvalue weighted by molar-refractivity contribution is -0.140. The Morgan fingerprint density at radius 1 is 1.10 bits per heavy atom. The second-order valence-electron chi connectivity index (χ2n) is 6.64. The third-order valence-electron chi connectivity index (χ3n) is 4.28. The minimum absolute atomic E-state index is 0.000345. The Labute approximate surface area is 166 Å². The number of halogens is 4. The zero-order chi connectivity index (χ0) is 21.6. The van der Waals surface area contributed by atoms with E-state index in [0.29, 0.717) is 11.3 Å². The van der Waals surface area contributed by atoms with Crippen molar-refractivity contribution >= 4 is 19.5 Å². The lowest BCUT2D eigenvalue weighted by Gasteiger charge is -2.16. The van der Waals surface area contributed by atoms with Crippen LogP contribution in [0.2, 0.25) is 0 Å². The molecular formula is C20H20BF4NO3. The van der Waals surface area contributed by atoms with Crippen molar-refractivity contribution in [2.75, 3.05) is 7.11 Å². The Morgan fingerprint density at radius 3 is 2.34 bits per heavy atom. The molecule has 0 aliphatic heterocycles. The first kappa shape index (κ1) is 22.5. The Kier molecular flexibility index (Phi) is 7.42. The number of ketones is 1. The molecular weight excluding hydrogens is 389 g/mol. The highest BCUT2D eigenvalue weighted by Crippen LogP contribution is 2.32. The highest BCUT2D eigenvalue weighted by atomic mass is 19.4. The number of rotatable bonds is 8. The van der Waals surface area contributed by atoms with E-state index < -0.39 is 29.4 Å². The third kappa shape index (κ3) is 6.62. The van der Waals surface area contributed by atoms with Gasteiger partial charge in [-0.05, 0) is 48.4 Å². The molecule has 0 saturated carbocycles. The summed E-state index contributed by atoms with van der Waals surface area (Å²) in [5.74, 6) is -1.80. The van der Waals surface area contributed by atoms with E-state index in [-0.39, 0.29) is 30.6 Å². The molecule has 0 unspecified atom stereocenters. The summed E-state index contributed by atoms with van der Waals surface area (Å²) in [6, 6.07) is 9.26. The van der Waals surface area contributed by atoms with Crippen LogP contribution in [-0.4, -0.2) is 32.6 Å². The number of carbonyl (C=O) groups excluding carboxylic acids is 2. The van der Waals surface area contributed by atoms with Gasteiger partial charge in [-0.15, -0.1) is 0 Å². The molecule has 1 amide bonds. The van der Waals surface area contributed by atoms with E-state index in [4.69, 9.17) is 4.74 Å². The van der Waals surface area contributed by atoms with Gasteiger partial charge in [0.05, 0.1) is 12.7 Å². The molecule has 1 N–H and O–H groups in total. The summed E-state index contributed by atoms with van der Waals surface area (Å²) >= 11 is 0. The van der Waals surface area contributed by atoms with Crippen molar-refractivity contribution in [3.63, 3.8) is 0 Å². The monoisotopic (exact) mass is 409 g/mol. The molecule has 0 heterocycles. The second-order valence-corrected chi connectivity index (χ2v) is 6.64. The normalized spacial score (nSPS) is 12.3. The van der Waals surface area contributed by atoms with Crippen molar-refractivity contribution in [2.45, 2.75) is 31.4 Å². The zero-order valence-electron chi connectivity index (χ0n) is 16.0. The molecule has 4 nitrogen and oxygen atoms in total. The fraction of sp³-hybridized carbons (Fsp3) is 0.300. The van der Waals surface area contributed by atoms with E-state index in [9.17, 15) is 27.2 Å². The van der Waals surface area contributed by atoms with E-state index in [2.05, 4.69) is 5.32 Å². The largest absolute Gasteiger partial charge is 0.497 e. The van der Waals surface area contributed by atoms with Crippen molar-refractivity contribution in [3.05, 3.63) is 65.0 Å². The lowest BCUT2D eigenvalue weighted by atomic mass is 9.89. The Bertz CT molecular complexity index is 869. The predicted octanol–water partition coefficient (Wildman–Crippen LogP) is 3.13. The number of alkyl halides is 3. The third-order valence-corrected chi connectivity index (χ3v) is 4.28. The highest BCUT2D eigenvalue weighted by Gasteiger charge is 2.34. The first-order valence-corrected chi connectivity index (χ1v) is 8.92. The van der Waals surface area contributed by atoms with Crippen LogP contribution in [-0.2, 0) is 17.4 Å². The van der Waals surface area contributed by atoms with Gasteiger partial charge in [-0.3, -0.25) is 9.59 Å². The van der Waals surface area contributed by atoms with Gasteiger partial charge >= 0.3 is 6.18 Å². The minimum atomic E-state index is -4.78. The molecule has 0 saturated heterocycles. The SMILES string of the molecule is B[C@H](Cc1ccc(F)c(C(F)(F)F)c1)NC(=O)CCC(=O)c1ccc(OC)cc1. The molecule has 9 heteroatoms. The van der Waals surface area contributed by atoms with E-state index in [0.717, 1.165) is 12.1 Å². The van der Waals surface area contributed by atoms with Crippen molar-refractivity contribution in [3.8, 4) is 5.75 Å². The van der Waals surface area contributed by atoms with Gasteiger partial charge in [-0.2, -0.15) is 13.2 Å². The first-order chi connectivity index (χ1) is 13.6. The number of methoxy groups -OCH3 is 1. The molecule has 0 spiro atoms. The average molecular weight is 409 g/mol. The second kappa shape index (κ2) is 9.58. The van der Waals surface area contributed by atoms with Gasteiger partial charge in [0.25, 0.3) is 0 Å². The molecule has 2 aromatic rings. The van der Waals surface area contributed by atoms with Crippen LogP contribution in [0.15, 0.2) is 42.5 Å². The van der Waals surface area contributed by atoms with Crippen molar-refractivity contribution < 1.29 is 31.9 Å². The van der Waals surface area contributed by atoms with Crippen LogP contribution < -0.4 is 10.1 Å². The van der Waals surface area contributed by atoms with Crippen molar-refractivity contribution in [1.29, 1.82) is 0 Å². The Balaban J connectivity index is 1.86. The van der Waals surface area contributed by atoms with Crippen LogP contribution in [0.1, 0.15) is 34.3 Å². The molecule has 0 aliphatic carbocycles. The average Bonchev–Trinajstić information content (AvgIpc) is 2.66. The van der Waals surface area contributed by atoms with E-state index >= 15 is 0 Å². The zero-order valence-corrected chi connectivity index (χ0v) is 16.0. The van der Waals surface area contributed by atoms with Crippen LogP contribution in [0.3, 0.4) is 0 Å². The maximum absolute atomic E-state index is 13.3. The van der Waals surface area contributed by atoms with Gasteiger partial charge in [-0.1, -0.05) is 6.07 Å². The van der Waals surface area contributed by atoms with Gasteiger partial charge in [0, 0.05) is 24.3 Å². The van der Waals surface area contributed by atoms with E-state index in [1.54, 1.807) is 32.1 Å². The summed E-state index contributed by atoms with van der Waals surface area (Å²) in [5.41, 5.74) is -0.628. The minimum Gasteiger partial charge on any atom is -0.497 e. The van der Waals surface area contributed by atoms with Crippen LogP contribution in [0, 0.1) is 5.82 Å². The van der Waals surface area contributed by atoms with Crippen LogP contribution in [0.25, 0.3) is 0 Å². The molecule has 2 rings (SSSR count). The van der Waals surface area contributed by atoms with Gasteiger partial charge < -0.3 is 10.1 Å². The fourth-order valence-electron chi connectivity index (χ4n) is 2.82. The smallest absolute Gasteiger partial charge is 0.419 e. The van der Waals surface area contributed by atoms with E-state index in [1.165, 1.54) is 13.2 Å². The standard InChI is InChI=1S/C20H20BF4NO3/c1-29-14-5-3-13(4-6-14)17(27)8-9-19(28)26-18(21)11-12-2-7-16(22)15(10-12)20(23,24)25/h2-7,10,18H,8-9,11,21H2,1H3,(H,26,28)/t18-/m0/s1. The molecule has 0 aliphatic rings. The topological polar surface area (TPSA) is 55.4 Å². The summed E-state index contributed by atoms with van der Waals surface area (Å²) in [5, 5.41) is 2.64.